The topological polar surface area (TPSA) is 60.5 Å². The number of ketones is 1. The second-order valence-corrected chi connectivity index (χ2v) is 12.4. The molecule has 0 saturated carbocycles. The Morgan fingerprint density at radius 3 is 1.57 bits per heavy atom. The fraction of sp³-hybridized carbons (Fsp3) is 0.629. The maximum absolute atomic E-state index is 14.2. The van der Waals surface area contributed by atoms with Crippen molar-refractivity contribution in [2.75, 3.05) is 65.7 Å². The van der Waals surface area contributed by atoms with E-state index in [1.807, 2.05) is 36.4 Å². The number of fused-ring (bicyclic) bond motifs is 2. The third kappa shape index (κ3) is 7.41. The molecule has 4 aliphatic heterocycles. The van der Waals surface area contributed by atoms with Gasteiger partial charge in [0.05, 0.1) is 38.3 Å². The normalized spacial score (nSPS) is 22.8. The number of rotatable bonds is 12. The Morgan fingerprint density at radius 1 is 0.667 bits per heavy atom. The molecule has 42 heavy (non-hydrogen) atoms. The number of hydrogen-bond donors (Lipinski definition) is 0. The van der Waals surface area contributed by atoms with Crippen molar-refractivity contribution < 1.29 is 23.7 Å². The SMILES string of the molecule is O=C(C1CCOc2ccc(OCCCN3CCCCC3)cc21)C1CCOc2ccc(OCCCN3CCCCC3)cc21. The lowest BCUT2D eigenvalue weighted by Gasteiger charge is -2.31. The molecule has 0 aromatic heterocycles. The Labute approximate surface area is 251 Å². The third-order valence-corrected chi connectivity index (χ3v) is 9.40. The largest absolute Gasteiger partial charge is 0.494 e. The lowest BCUT2D eigenvalue weighted by molar-refractivity contribution is -0.123. The van der Waals surface area contributed by atoms with E-state index in [-0.39, 0.29) is 17.6 Å². The summed E-state index contributed by atoms with van der Waals surface area (Å²) in [5.41, 5.74) is 1.91. The molecule has 7 nitrogen and oxygen atoms in total. The number of nitrogens with zero attached hydrogens (tertiary/aromatic N) is 2. The molecule has 4 heterocycles. The molecule has 2 unspecified atom stereocenters. The van der Waals surface area contributed by atoms with Crippen LogP contribution >= 0.6 is 0 Å². The highest BCUT2D eigenvalue weighted by Crippen LogP contribution is 2.44. The van der Waals surface area contributed by atoms with Gasteiger partial charge in [0.25, 0.3) is 0 Å². The predicted molar refractivity (Wildman–Crippen MR) is 164 cm³/mol. The van der Waals surface area contributed by atoms with Gasteiger partial charge >= 0.3 is 0 Å². The molecule has 2 saturated heterocycles. The average Bonchev–Trinajstić information content (AvgIpc) is 3.05. The van der Waals surface area contributed by atoms with E-state index in [2.05, 4.69) is 9.80 Å². The van der Waals surface area contributed by atoms with E-state index in [1.165, 1.54) is 64.7 Å². The van der Waals surface area contributed by atoms with Crippen LogP contribution in [0.3, 0.4) is 0 Å². The standard InChI is InChI=1S/C35H48N2O5/c38-35(29-13-23-41-33-11-9-27(25-31(29)33)39-21-7-19-36-15-3-1-4-16-36)30-14-24-42-34-12-10-28(26-32(30)34)40-22-8-20-37-17-5-2-6-18-37/h9-12,25-26,29-30H,1-8,13-24H2. The van der Waals surface area contributed by atoms with Crippen molar-refractivity contribution in [2.45, 2.75) is 76.0 Å². The average molecular weight is 577 g/mol. The molecule has 0 amide bonds. The molecular formula is C35H48N2O5. The molecular weight excluding hydrogens is 528 g/mol. The van der Waals surface area contributed by atoms with E-state index in [0.717, 1.165) is 60.1 Å². The predicted octanol–water partition coefficient (Wildman–Crippen LogP) is 6.20. The maximum atomic E-state index is 14.2. The van der Waals surface area contributed by atoms with Crippen molar-refractivity contribution in [3.63, 3.8) is 0 Å². The molecule has 0 radical (unpaired) electrons. The van der Waals surface area contributed by atoms with Crippen LogP contribution in [-0.4, -0.2) is 81.3 Å². The molecule has 2 aromatic rings. The number of piperidine rings is 2. The van der Waals surface area contributed by atoms with Gasteiger partial charge in [-0.1, -0.05) is 12.8 Å². The minimum Gasteiger partial charge on any atom is -0.494 e. The zero-order chi connectivity index (χ0) is 28.6. The van der Waals surface area contributed by atoms with E-state index < -0.39 is 0 Å². The second kappa shape index (κ2) is 14.6. The molecule has 228 valence electrons. The first-order valence-electron chi connectivity index (χ1n) is 16.5. The molecule has 0 bridgehead atoms. The molecule has 0 spiro atoms. The van der Waals surface area contributed by atoms with E-state index in [9.17, 15) is 4.79 Å². The highest BCUT2D eigenvalue weighted by molar-refractivity contribution is 5.93. The number of benzene rings is 2. The molecule has 4 aliphatic rings. The zero-order valence-electron chi connectivity index (χ0n) is 25.2. The van der Waals surface area contributed by atoms with Gasteiger partial charge in [-0.15, -0.1) is 0 Å². The van der Waals surface area contributed by atoms with E-state index in [1.54, 1.807) is 0 Å². The lowest BCUT2D eigenvalue weighted by Crippen LogP contribution is -2.31. The van der Waals surface area contributed by atoms with Crippen molar-refractivity contribution in [1.82, 2.24) is 9.80 Å². The van der Waals surface area contributed by atoms with E-state index >= 15 is 0 Å². The highest BCUT2D eigenvalue weighted by atomic mass is 16.5. The van der Waals surface area contributed by atoms with Gasteiger partial charge in [-0.05, 0) is 114 Å². The smallest absolute Gasteiger partial charge is 0.148 e. The fourth-order valence-corrected chi connectivity index (χ4v) is 7.08. The number of hydrogen-bond acceptors (Lipinski definition) is 7. The van der Waals surface area contributed by atoms with Gasteiger partial charge in [-0.3, -0.25) is 4.79 Å². The zero-order valence-corrected chi connectivity index (χ0v) is 25.2. The van der Waals surface area contributed by atoms with Crippen LogP contribution in [0.5, 0.6) is 23.0 Å². The van der Waals surface area contributed by atoms with Crippen molar-refractivity contribution in [3.05, 3.63) is 47.5 Å². The summed E-state index contributed by atoms with van der Waals surface area (Å²) >= 11 is 0. The van der Waals surface area contributed by atoms with Gasteiger partial charge in [0.1, 0.15) is 28.8 Å². The number of ether oxygens (including phenoxy) is 4. The number of Topliss-reactive ketones (excluding diaryl/α,β-unsaturated/α-hetero) is 1. The quantitative estimate of drug-likeness (QED) is 0.279. The van der Waals surface area contributed by atoms with Gasteiger partial charge in [0, 0.05) is 24.2 Å². The summed E-state index contributed by atoms with van der Waals surface area (Å²) in [4.78, 5) is 19.3. The minimum atomic E-state index is -0.212. The van der Waals surface area contributed by atoms with Gasteiger partial charge < -0.3 is 28.7 Å². The Kier molecular flexibility index (Phi) is 10.2. The Bertz CT molecular complexity index is 1080. The summed E-state index contributed by atoms with van der Waals surface area (Å²) in [5, 5.41) is 0. The van der Waals surface area contributed by atoms with Crippen molar-refractivity contribution in [1.29, 1.82) is 0 Å². The van der Waals surface area contributed by atoms with Crippen LogP contribution in [0, 0.1) is 0 Å². The summed E-state index contributed by atoms with van der Waals surface area (Å²) in [6, 6.07) is 12.0. The Balaban J connectivity index is 1.08. The van der Waals surface area contributed by atoms with Crippen LogP contribution in [0.15, 0.2) is 36.4 Å². The molecule has 0 aliphatic carbocycles. The first kappa shape index (κ1) is 29.3. The molecule has 0 N–H and O–H groups in total. The van der Waals surface area contributed by atoms with Crippen LogP contribution in [-0.2, 0) is 4.79 Å². The van der Waals surface area contributed by atoms with E-state index in [4.69, 9.17) is 18.9 Å². The summed E-state index contributed by atoms with van der Waals surface area (Å²) in [7, 11) is 0. The van der Waals surface area contributed by atoms with Crippen molar-refractivity contribution in [2.24, 2.45) is 0 Å². The van der Waals surface area contributed by atoms with Gasteiger partial charge in [-0.2, -0.15) is 0 Å². The number of carbonyl (C=O) groups excluding carboxylic acids is 1. The van der Waals surface area contributed by atoms with Crippen molar-refractivity contribution in [3.8, 4) is 23.0 Å². The van der Waals surface area contributed by atoms with Gasteiger partial charge in [-0.25, -0.2) is 0 Å². The first-order chi connectivity index (χ1) is 20.7. The first-order valence-corrected chi connectivity index (χ1v) is 16.5. The fourth-order valence-electron chi connectivity index (χ4n) is 7.08. The molecule has 6 rings (SSSR count). The molecule has 7 heteroatoms. The summed E-state index contributed by atoms with van der Waals surface area (Å²) < 4.78 is 24.3. The minimum absolute atomic E-state index is 0.212. The maximum Gasteiger partial charge on any atom is 0.148 e. The highest BCUT2D eigenvalue weighted by Gasteiger charge is 2.36. The molecule has 2 aromatic carbocycles. The third-order valence-electron chi connectivity index (χ3n) is 9.40. The van der Waals surface area contributed by atoms with Crippen LogP contribution < -0.4 is 18.9 Å². The second-order valence-electron chi connectivity index (χ2n) is 12.4. The summed E-state index contributed by atoms with van der Waals surface area (Å²) in [6.07, 6.45) is 11.4. The molecule has 2 atom stereocenters. The molecule has 2 fully saturated rings. The number of carbonyl (C=O) groups is 1. The van der Waals surface area contributed by atoms with E-state index in [0.29, 0.717) is 39.3 Å². The van der Waals surface area contributed by atoms with Crippen LogP contribution in [0.4, 0.5) is 0 Å². The van der Waals surface area contributed by atoms with Gasteiger partial charge in [0.2, 0.25) is 0 Å². The summed E-state index contributed by atoms with van der Waals surface area (Å²) in [5.74, 6) is 3.07. The van der Waals surface area contributed by atoms with Gasteiger partial charge in [0.15, 0.2) is 0 Å². The summed E-state index contributed by atoms with van der Waals surface area (Å²) in [6.45, 7) is 9.48. The monoisotopic (exact) mass is 576 g/mol. The van der Waals surface area contributed by atoms with Crippen LogP contribution in [0.2, 0.25) is 0 Å². The van der Waals surface area contributed by atoms with Crippen molar-refractivity contribution >= 4 is 5.78 Å². The lowest BCUT2D eigenvalue weighted by atomic mass is 9.78. The Hall–Kier alpha value is -2.77. The Morgan fingerprint density at radius 2 is 1.12 bits per heavy atom. The van der Waals surface area contributed by atoms with Crippen LogP contribution in [0.1, 0.15) is 87.2 Å². The van der Waals surface area contributed by atoms with Crippen LogP contribution in [0.25, 0.3) is 0 Å². The number of likely N-dealkylation sites (tertiary alicyclic amines) is 2.